The van der Waals surface area contributed by atoms with E-state index in [1.807, 2.05) is 42.5 Å². The largest absolute Gasteiger partial charge is 0.497 e. The Kier molecular flexibility index (Phi) is 11.3. The Hall–Kier alpha value is -2.63. The summed E-state index contributed by atoms with van der Waals surface area (Å²) in [6.45, 7) is 1.58. The predicted octanol–water partition coefficient (Wildman–Crippen LogP) is 5.09. The molecule has 0 spiro atoms. The fourth-order valence-electron chi connectivity index (χ4n) is 2.83. The molecule has 0 aliphatic carbocycles. The van der Waals surface area contributed by atoms with Gasteiger partial charge in [-0.3, -0.25) is 4.79 Å². The quantitative estimate of drug-likeness (QED) is 0.246. The van der Waals surface area contributed by atoms with Crippen LogP contribution < -0.4 is 4.74 Å². The van der Waals surface area contributed by atoms with Gasteiger partial charge in [0.1, 0.15) is 5.75 Å². The van der Waals surface area contributed by atoms with E-state index in [1.54, 1.807) is 7.11 Å². The fraction of sp³-hybridized carbons (Fsp3) is 0.400. The molecular weight excluding hydrogens is 380 g/mol. The first kappa shape index (κ1) is 23.6. The van der Waals surface area contributed by atoms with Crippen molar-refractivity contribution in [3.8, 4) is 5.75 Å². The summed E-state index contributed by atoms with van der Waals surface area (Å²) in [6.07, 6.45) is 6.97. The molecule has 2 rings (SSSR count). The molecule has 2 aromatic carbocycles. The van der Waals surface area contributed by atoms with E-state index >= 15 is 0 Å². The van der Waals surface area contributed by atoms with E-state index in [0.717, 1.165) is 36.1 Å². The Labute approximate surface area is 179 Å². The summed E-state index contributed by atoms with van der Waals surface area (Å²) < 4.78 is 21.8. The van der Waals surface area contributed by atoms with Gasteiger partial charge in [-0.25, -0.2) is 0 Å². The van der Waals surface area contributed by atoms with Crippen molar-refractivity contribution in [3.05, 3.63) is 77.9 Å². The molecule has 0 N–H and O–H groups in total. The molecule has 162 valence electrons. The zero-order chi connectivity index (χ0) is 21.4. The number of hydrogen-bond acceptors (Lipinski definition) is 5. The summed E-state index contributed by atoms with van der Waals surface area (Å²) >= 11 is 0. The second-order valence-corrected chi connectivity index (χ2v) is 6.96. The lowest BCUT2D eigenvalue weighted by Crippen LogP contribution is -2.19. The lowest BCUT2D eigenvalue weighted by molar-refractivity contribution is -0.140. The minimum atomic E-state index is -0.167. The van der Waals surface area contributed by atoms with Gasteiger partial charge in [0.15, 0.2) is 0 Å². The van der Waals surface area contributed by atoms with Gasteiger partial charge in [-0.2, -0.15) is 0 Å². The first-order valence-corrected chi connectivity index (χ1v) is 10.3. The van der Waals surface area contributed by atoms with Crippen LogP contribution in [-0.2, 0) is 32.2 Å². The normalized spacial score (nSPS) is 12.1. The number of rotatable bonds is 14. The van der Waals surface area contributed by atoms with Gasteiger partial charge in [0.25, 0.3) is 0 Å². The summed E-state index contributed by atoms with van der Waals surface area (Å²) in [5.74, 6) is 0.666. The third kappa shape index (κ3) is 9.72. The molecule has 1 atom stereocenters. The van der Waals surface area contributed by atoms with Crippen LogP contribution in [0.3, 0.4) is 0 Å². The van der Waals surface area contributed by atoms with Crippen molar-refractivity contribution in [3.63, 3.8) is 0 Å². The first-order chi connectivity index (χ1) is 14.7. The SMILES string of the molecule is COC(=O)CCC/C=C\C[C@H](COCc1ccc(OC)cc1)OCc1ccccc1. The molecule has 0 saturated heterocycles. The highest BCUT2D eigenvalue weighted by Gasteiger charge is 2.09. The highest BCUT2D eigenvalue weighted by atomic mass is 16.5. The minimum Gasteiger partial charge on any atom is -0.497 e. The Bertz CT molecular complexity index is 740. The van der Waals surface area contributed by atoms with Gasteiger partial charge < -0.3 is 18.9 Å². The van der Waals surface area contributed by atoms with Gasteiger partial charge >= 0.3 is 5.97 Å². The molecule has 0 aliphatic rings. The number of methoxy groups -OCH3 is 2. The van der Waals surface area contributed by atoms with E-state index in [1.165, 1.54) is 7.11 Å². The molecule has 5 heteroatoms. The summed E-state index contributed by atoms with van der Waals surface area (Å²) in [5.41, 5.74) is 2.23. The topological polar surface area (TPSA) is 54.0 Å². The highest BCUT2D eigenvalue weighted by molar-refractivity contribution is 5.69. The summed E-state index contributed by atoms with van der Waals surface area (Å²) in [5, 5.41) is 0. The van der Waals surface area contributed by atoms with Gasteiger partial charge in [-0.05, 0) is 42.5 Å². The summed E-state index contributed by atoms with van der Waals surface area (Å²) in [4.78, 5) is 11.2. The number of unbranched alkanes of at least 4 members (excludes halogenated alkanes) is 1. The lowest BCUT2D eigenvalue weighted by Gasteiger charge is -2.17. The zero-order valence-corrected chi connectivity index (χ0v) is 17.9. The second kappa shape index (κ2) is 14.4. The molecule has 0 saturated carbocycles. The van der Waals surface area contributed by atoms with Crippen molar-refractivity contribution in [2.75, 3.05) is 20.8 Å². The molecule has 0 radical (unpaired) electrons. The highest BCUT2D eigenvalue weighted by Crippen LogP contribution is 2.13. The molecule has 0 heterocycles. The number of esters is 1. The van der Waals surface area contributed by atoms with E-state index < -0.39 is 0 Å². The van der Waals surface area contributed by atoms with Crippen LogP contribution in [0.2, 0.25) is 0 Å². The smallest absolute Gasteiger partial charge is 0.305 e. The fourth-order valence-corrected chi connectivity index (χ4v) is 2.83. The van der Waals surface area contributed by atoms with Crippen molar-refractivity contribution in [2.45, 2.75) is 45.0 Å². The number of carbonyl (C=O) groups excluding carboxylic acids is 1. The molecule has 0 aromatic heterocycles. The Morgan fingerprint density at radius 3 is 2.37 bits per heavy atom. The first-order valence-electron chi connectivity index (χ1n) is 10.3. The van der Waals surface area contributed by atoms with Crippen molar-refractivity contribution in [1.82, 2.24) is 0 Å². The Morgan fingerprint density at radius 2 is 1.67 bits per heavy atom. The molecule has 30 heavy (non-hydrogen) atoms. The van der Waals surface area contributed by atoms with E-state index in [2.05, 4.69) is 29.0 Å². The van der Waals surface area contributed by atoms with Gasteiger partial charge in [-0.15, -0.1) is 0 Å². The van der Waals surface area contributed by atoms with Crippen molar-refractivity contribution in [2.24, 2.45) is 0 Å². The van der Waals surface area contributed by atoms with Crippen LogP contribution in [0.4, 0.5) is 0 Å². The van der Waals surface area contributed by atoms with E-state index in [9.17, 15) is 4.79 Å². The summed E-state index contributed by atoms with van der Waals surface area (Å²) in [7, 11) is 3.07. The molecule has 2 aromatic rings. The molecule has 5 nitrogen and oxygen atoms in total. The Balaban J connectivity index is 1.79. The monoisotopic (exact) mass is 412 g/mol. The van der Waals surface area contributed by atoms with Gasteiger partial charge in [0.05, 0.1) is 40.1 Å². The van der Waals surface area contributed by atoms with E-state index in [-0.39, 0.29) is 12.1 Å². The third-order valence-electron chi connectivity index (χ3n) is 4.61. The molecule has 0 bridgehead atoms. The van der Waals surface area contributed by atoms with Crippen LogP contribution in [0, 0.1) is 0 Å². The second-order valence-electron chi connectivity index (χ2n) is 6.96. The maximum atomic E-state index is 11.2. The third-order valence-corrected chi connectivity index (χ3v) is 4.61. The average molecular weight is 413 g/mol. The van der Waals surface area contributed by atoms with Gasteiger partial charge in [-0.1, -0.05) is 54.6 Å². The maximum Gasteiger partial charge on any atom is 0.305 e. The van der Waals surface area contributed by atoms with Crippen molar-refractivity contribution < 1.29 is 23.7 Å². The number of ether oxygens (including phenoxy) is 4. The van der Waals surface area contributed by atoms with E-state index in [0.29, 0.717) is 26.2 Å². The molecule has 0 fully saturated rings. The lowest BCUT2D eigenvalue weighted by atomic mass is 10.2. The van der Waals surface area contributed by atoms with Crippen LogP contribution >= 0.6 is 0 Å². The number of carbonyl (C=O) groups is 1. The zero-order valence-electron chi connectivity index (χ0n) is 17.9. The molecular formula is C25H32O5. The molecule has 0 unspecified atom stereocenters. The predicted molar refractivity (Wildman–Crippen MR) is 117 cm³/mol. The van der Waals surface area contributed by atoms with Gasteiger partial charge in [0, 0.05) is 6.42 Å². The van der Waals surface area contributed by atoms with Crippen LogP contribution in [0.25, 0.3) is 0 Å². The van der Waals surface area contributed by atoms with Crippen LogP contribution in [-0.4, -0.2) is 32.9 Å². The molecule has 0 amide bonds. The minimum absolute atomic E-state index is 0.0414. The van der Waals surface area contributed by atoms with Crippen LogP contribution in [0.5, 0.6) is 5.75 Å². The van der Waals surface area contributed by atoms with Gasteiger partial charge in [0.2, 0.25) is 0 Å². The van der Waals surface area contributed by atoms with Crippen LogP contribution in [0.15, 0.2) is 66.7 Å². The number of hydrogen-bond donors (Lipinski definition) is 0. The van der Waals surface area contributed by atoms with Crippen LogP contribution in [0.1, 0.15) is 36.8 Å². The number of allylic oxidation sites excluding steroid dienone is 1. The van der Waals surface area contributed by atoms with Crippen molar-refractivity contribution >= 4 is 5.97 Å². The average Bonchev–Trinajstić information content (AvgIpc) is 2.80. The standard InChI is InChI=1S/C25H32O5/c1-27-23-16-14-22(15-17-23)18-29-20-24(30-19-21-10-6-5-7-11-21)12-8-3-4-9-13-25(26)28-2/h3,5-8,10-11,14-17,24H,4,9,12-13,18-20H2,1-2H3/b8-3-/t24-/m1/s1. The Morgan fingerprint density at radius 1 is 0.933 bits per heavy atom. The van der Waals surface area contributed by atoms with Crippen molar-refractivity contribution in [1.29, 1.82) is 0 Å². The number of benzene rings is 2. The van der Waals surface area contributed by atoms with E-state index in [4.69, 9.17) is 14.2 Å². The molecule has 0 aliphatic heterocycles. The summed E-state index contributed by atoms with van der Waals surface area (Å²) in [6, 6.07) is 18.0. The maximum absolute atomic E-state index is 11.2.